The van der Waals surface area contributed by atoms with Gasteiger partial charge in [-0.3, -0.25) is 0 Å². The number of thiazole rings is 1. The van der Waals surface area contributed by atoms with Crippen LogP contribution in [0.1, 0.15) is 6.92 Å². The van der Waals surface area contributed by atoms with E-state index >= 15 is 0 Å². The monoisotopic (exact) mass is 188 g/mol. The third kappa shape index (κ3) is 2.17. The largest absolute Gasteiger partial charge is 0.394 e. The highest BCUT2D eigenvalue weighted by Gasteiger charge is 2.22. The molecule has 0 aliphatic heterocycles. The molecule has 1 aromatic rings. The smallest absolute Gasteiger partial charge is 0.183 e. The van der Waals surface area contributed by atoms with E-state index in [2.05, 4.69) is 10.3 Å². The van der Waals surface area contributed by atoms with E-state index in [1.165, 1.54) is 11.3 Å². The highest BCUT2D eigenvalue weighted by molar-refractivity contribution is 7.13. The topological polar surface area (TPSA) is 65.4 Å². The summed E-state index contributed by atoms with van der Waals surface area (Å²) in [6.07, 6.45) is 1.67. The molecule has 0 aliphatic rings. The fourth-order valence-corrected chi connectivity index (χ4v) is 1.35. The number of nitrogens with zero attached hydrogens (tertiary/aromatic N) is 1. The highest BCUT2D eigenvalue weighted by atomic mass is 32.1. The van der Waals surface area contributed by atoms with E-state index in [1.54, 1.807) is 13.1 Å². The Morgan fingerprint density at radius 1 is 1.58 bits per heavy atom. The second-order valence-corrected chi connectivity index (χ2v) is 3.73. The van der Waals surface area contributed by atoms with Crippen molar-refractivity contribution in [3.05, 3.63) is 11.6 Å². The van der Waals surface area contributed by atoms with Gasteiger partial charge in [-0.15, -0.1) is 11.3 Å². The summed E-state index contributed by atoms with van der Waals surface area (Å²) < 4.78 is 0. The van der Waals surface area contributed by atoms with Gasteiger partial charge in [-0.25, -0.2) is 4.98 Å². The van der Waals surface area contributed by atoms with Crippen molar-refractivity contribution in [1.82, 2.24) is 4.98 Å². The summed E-state index contributed by atoms with van der Waals surface area (Å²) in [5.74, 6) is 0. The average Bonchev–Trinajstić information content (AvgIpc) is 2.57. The van der Waals surface area contributed by atoms with Crippen LogP contribution in [0.3, 0.4) is 0 Å². The highest BCUT2D eigenvalue weighted by Crippen LogP contribution is 2.16. The lowest BCUT2D eigenvalue weighted by Crippen LogP contribution is -2.42. The fourth-order valence-electron chi connectivity index (χ4n) is 0.672. The van der Waals surface area contributed by atoms with E-state index in [9.17, 15) is 0 Å². The molecule has 0 saturated heterocycles. The molecule has 0 saturated carbocycles. The van der Waals surface area contributed by atoms with Gasteiger partial charge >= 0.3 is 0 Å². The van der Waals surface area contributed by atoms with Crippen LogP contribution in [0.2, 0.25) is 0 Å². The minimum atomic E-state index is -0.683. The minimum absolute atomic E-state index is 0.122. The molecule has 12 heavy (non-hydrogen) atoms. The number of rotatable bonds is 4. The van der Waals surface area contributed by atoms with Gasteiger partial charge in [0.05, 0.1) is 18.8 Å². The molecular formula is C7H12N2O2S. The number of anilines is 1. The zero-order valence-electron chi connectivity index (χ0n) is 6.82. The first kappa shape index (κ1) is 9.44. The molecule has 1 rings (SSSR count). The predicted molar refractivity (Wildman–Crippen MR) is 48.3 cm³/mol. The lowest BCUT2D eigenvalue weighted by atomic mass is 10.1. The maximum absolute atomic E-state index is 8.94. The molecule has 0 unspecified atom stereocenters. The lowest BCUT2D eigenvalue weighted by Gasteiger charge is -2.25. The molecule has 0 bridgehead atoms. The van der Waals surface area contributed by atoms with Crippen molar-refractivity contribution in [3.63, 3.8) is 0 Å². The molecule has 0 fully saturated rings. The van der Waals surface area contributed by atoms with E-state index in [0.717, 1.165) is 0 Å². The van der Waals surface area contributed by atoms with Crippen LogP contribution in [-0.2, 0) is 0 Å². The van der Waals surface area contributed by atoms with Crippen LogP contribution in [0.5, 0.6) is 0 Å². The van der Waals surface area contributed by atoms with Crippen LogP contribution < -0.4 is 5.32 Å². The Morgan fingerprint density at radius 2 is 2.25 bits per heavy atom. The Bertz CT molecular complexity index is 221. The SMILES string of the molecule is CC(CO)(CO)Nc1nccs1. The summed E-state index contributed by atoms with van der Waals surface area (Å²) in [5.41, 5.74) is -0.683. The van der Waals surface area contributed by atoms with Crippen LogP contribution in [0.15, 0.2) is 11.6 Å². The number of nitrogens with one attached hydrogen (secondary N) is 1. The number of hydrogen-bond acceptors (Lipinski definition) is 5. The molecule has 68 valence electrons. The predicted octanol–water partition coefficient (Wildman–Crippen LogP) is 0.298. The lowest BCUT2D eigenvalue weighted by molar-refractivity contribution is 0.147. The van der Waals surface area contributed by atoms with Gasteiger partial charge in [-0.05, 0) is 6.92 Å². The van der Waals surface area contributed by atoms with Gasteiger partial charge in [0.2, 0.25) is 0 Å². The molecule has 3 N–H and O–H groups in total. The normalized spacial score (nSPS) is 11.6. The Balaban J connectivity index is 2.60. The molecule has 0 amide bonds. The maximum atomic E-state index is 8.94. The molecule has 1 heterocycles. The Kier molecular flexibility index (Phi) is 3.02. The summed E-state index contributed by atoms with van der Waals surface area (Å²) in [4.78, 5) is 3.98. The zero-order chi connectivity index (χ0) is 9.03. The van der Waals surface area contributed by atoms with Gasteiger partial charge in [-0.1, -0.05) is 0 Å². The first-order valence-corrected chi connectivity index (χ1v) is 4.47. The van der Waals surface area contributed by atoms with Crippen LogP contribution in [0.25, 0.3) is 0 Å². The quantitative estimate of drug-likeness (QED) is 0.635. The van der Waals surface area contributed by atoms with Crippen LogP contribution in [-0.4, -0.2) is 33.9 Å². The van der Waals surface area contributed by atoms with Crippen molar-refractivity contribution in [2.45, 2.75) is 12.5 Å². The van der Waals surface area contributed by atoms with Gasteiger partial charge in [-0.2, -0.15) is 0 Å². The second kappa shape index (κ2) is 3.84. The third-order valence-electron chi connectivity index (χ3n) is 1.54. The summed E-state index contributed by atoms with van der Waals surface area (Å²) in [6, 6.07) is 0. The first-order chi connectivity index (χ1) is 5.70. The second-order valence-electron chi connectivity index (χ2n) is 2.84. The molecule has 0 spiro atoms. The number of hydrogen-bond donors (Lipinski definition) is 3. The van der Waals surface area contributed by atoms with Crippen molar-refractivity contribution >= 4 is 16.5 Å². The molecule has 4 nitrogen and oxygen atoms in total. The van der Waals surface area contributed by atoms with Crippen molar-refractivity contribution < 1.29 is 10.2 Å². The van der Waals surface area contributed by atoms with E-state index < -0.39 is 5.54 Å². The van der Waals surface area contributed by atoms with Crippen molar-refractivity contribution in [2.24, 2.45) is 0 Å². The molecule has 1 aromatic heterocycles. The molecule has 0 radical (unpaired) electrons. The van der Waals surface area contributed by atoms with E-state index in [4.69, 9.17) is 10.2 Å². The Labute approximate surface area is 74.9 Å². The van der Waals surface area contributed by atoms with Gasteiger partial charge in [0.15, 0.2) is 5.13 Å². The van der Waals surface area contributed by atoms with E-state index in [1.807, 2.05) is 5.38 Å². The van der Waals surface area contributed by atoms with Crippen LogP contribution >= 0.6 is 11.3 Å². The molecule has 0 atom stereocenters. The number of aromatic nitrogens is 1. The molecule has 0 aliphatic carbocycles. The van der Waals surface area contributed by atoms with Gasteiger partial charge < -0.3 is 15.5 Å². The van der Waals surface area contributed by atoms with Gasteiger partial charge in [0.1, 0.15) is 0 Å². The standard InChI is InChI=1S/C7H12N2O2S/c1-7(4-10,5-11)9-6-8-2-3-12-6/h2-3,10-11H,4-5H2,1H3,(H,8,9). The average molecular weight is 188 g/mol. The minimum Gasteiger partial charge on any atom is -0.394 e. The summed E-state index contributed by atoms with van der Waals surface area (Å²) in [6.45, 7) is 1.49. The van der Waals surface area contributed by atoms with Crippen molar-refractivity contribution in [3.8, 4) is 0 Å². The maximum Gasteiger partial charge on any atom is 0.183 e. The van der Waals surface area contributed by atoms with Crippen LogP contribution in [0, 0.1) is 0 Å². The van der Waals surface area contributed by atoms with E-state index in [0.29, 0.717) is 5.13 Å². The van der Waals surface area contributed by atoms with Gasteiger partial charge in [0.25, 0.3) is 0 Å². The number of aliphatic hydroxyl groups is 2. The molecule has 5 heteroatoms. The third-order valence-corrected chi connectivity index (χ3v) is 2.23. The van der Waals surface area contributed by atoms with Crippen LogP contribution in [0.4, 0.5) is 5.13 Å². The summed E-state index contributed by atoms with van der Waals surface area (Å²) in [7, 11) is 0. The number of aliphatic hydroxyl groups excluding tert-OH is 2. The summed E-state index contributed by atoms with van der Waals surface area (Å²) >= 11 is 1.44. The van der Waals surface area contributed by atoms with Gasteiger partial charge in [0, 0.05) is 11.6 Å². The Morgan fingerprint density at radius 3 is 2.67 bits per heavy atom. The molecule has 0 aromatic carbocycles. The van der Waals surface area contributed by atoms with E-state index in [-0.39, 0.29) is 13.2 Å². The zero-order valence-corrected chi connectivity index (χ0v) is 7.64. The Hall–Kier alpha value is -0.650. The molecular weight excluding hydrogens is 176 g/mol. The first-order valence-electron chi connectivity index (χ1n) is 3.59. The van der Waals surface area contributed by atoms with Crippen molar-refractivity contribution in [1.29, 1.82) is 0 Å². The fraction of sp³-hybridized carbons (Fsp3) is 0.571. The van der Waals surface area contributed by atoms with Crippen molar-refractivity contribution in [2.75, 3.05) is 18.5 Å². The summed E-state index contributed by atoms with van der Waals surface area (Å²) in [5, 5.41) is 23.4.